The van der Waals surface area contributed by atoms with Gasteiger partial charge in [0, 0.05) is 15.8 Å². The van der Waals surface area contributed by atoms with Gasteiger partial charge in [-0.05, 0) is 41.8 Å². The summed E-state index contributed by atoms with van der Waals surface area (Å²) in [5, 5.41) is 21.8. The van der Waals surface area contributed by atoms with Gasteiger partial charge in [-0.25, -0.2) is 4.98 Å². The standard InChI is InChI=1S/C22H13ClN4O2S/c23-12-7-8-17-15(10-12)20(22(29)25-17)26-27-21(28)14-11-18(19-6-3-9-30-19)24-16-5-2-1-4-13(14)16/h1-11,25,29H. The zero-order chi connectivity index (χ0) is 20.7. The van der Waals surface area contributed by atoms with Crippen molar-refractivity contribution in [1.82, 2.24) is 9.97 Å². The van der Waals surface area contributed by atoms with Crippen LogP contribution in [0.3, 0.4) is 0 Å². The Labute approximate surface area is 179 Å². The molecule has 8 heteroatoms. The fourth-order valence-electron chi connectivity index (χ4n) is 3.29. The zero-order valence-electron chi connectivity index (χ0n) is 15.3. The Morgan fingerprint density at radius 3 is 2.77 bits per heavy atom. The number of aromatic amines is 1. The van der Waals surface area contributed by atoms with E-state index in [4.69, 9.17) is 11.6 Å². The molecule has 6 nitrogen and oxygen atoms in total. The van der Waals surface area contributed by atoms with Gasteiger partial charge < -0.3 is 10.1 Å². The Kier molecular flexibility index (Phi) is 4.54. The van der Waals surface area contributed by atoms with Gasteiger partial charge in [0.05, 0.1) is 27.2 Å². The minimum atomic E-state index is -0.526. The van der Waals surface area contributed by atoms with Crippen molar-refractivity contribution in [2.45, 2.75) is 0 Å². The Balaban J connectivity index is 1.60. The lowest BCUT2D eigenvalue weighted by Gasteiger charge is -2.05. The molecule has 0 radical (unpaired) electrons. The average Bonchev–Trinajstić information content (AvgIpc) is 3.39. The van der Waals surface area contributed by atoms with Crippen LogP contribution in [0.2, 0.25) is 5.02 Å². The predicted molar refractivity (Wildman–Crippen MR) is 119 cm³/mol. The molecule has 0 aliphatic carbocycles. The highest BCUT2D eigenvalue weighted by Gasteiger charge is 2.16. The number of para-hydroxylation sites is 1. The normalized spacial score (nSPS) is 11.6. The SMILES string of the molecule is O=C(N=Nc1c(O)[nH]c2ccc(Cl)cc12)c1cc(-c2cccs2)nc2ccccc12. The molecule has 5 aromatic rings. The summed E-state index contributed by atoms with van der Waals surface area (Å²) in [5.41, 5.74) is 2.60. The summed E-state index contributed by atoms with van der Waals surface area (Å²) >= 11 is 7.59. The summed E-state index contributed by atoms with van der Waals surface area (Å²) in [7, 11) is 0. The summed E-state index contributed by atoms with van der Waals surface area (Å²) in [6.45, 7) is 0. The van der Waals surface area contributed by atoms with E-state index in [0.717, 1.165) is 4.88 Å². The monoisotopic (exact) mass is 432 g/mol. The summed E-state index contributed by atoms with van der Waals surface area (Å²) in [4.78, 5) is 21.4. The van der Waals surface area contributed by atoms with Gasteiger partial charge in [-0.1, -0.05) is 35.9 Å². The number of aromatic nitrogens is 2. The van der Waals surface area contributed by atoms with Crippen LogP contribution in [0.1, 0.15) is 10.4 Å². The van der Waals surface area contributed by atoms with Crippen LogP contribution in [0, 0.1) is 0 Å². The highest BCUT2D eigenvalue weighted by Crippen LogP contribution is 2.37. The fourth-order valence-corrected chi connectivity index (χ4v) is 4.15. The number of carbonyl (C=O) groups is 1. The molecular weight excluding hydrogens is 420 g/mol. The number of aromatic hydroxyl groups is 1. The number of hydrogen-bond donors (Lipinski definition) is 2. The van der Waals surface area contributed by atoms with Crippen molar-refractivity contribution in [2.75, 3.05) is 0 Å². The summed E-state index contributed by atoms with van der Waals surface area (Å²) in [5.74, 6) is -0.704. The summed E-state index contributed by atoms with van der Waals surface area (Å²) < 4.78 is 0. The van der Waals surface area contributed by atoms with Gasteiger partial charge in [-0.3, -0.25) is 4.79 Å². The molecule has 3 aromatic heterocycles. The third-order valence-electron chi connectivity index (χ3n) is 4.68. The molecule has 2 aromatic carbocycles. The quantitative estimate of drug-likeness (QED) is 0.310. The number of nitrogens with one attached hydrogen (secondary N) is 1. The Bertz CT molecular complexity index is 1440. The van der Waals surface area contributed by atoms with Crippen LogP contribution in [-0.4, -0.2) is 21.0 Å². The van der Waals surface area contributed by atoms with Gasteiger partial charge in [-0.15, -0.1) is 21.6 Å². The zero-order valence-corrected chi connectivity index (χ0v) is 16.9. The van der Waals surface area contributed by atoms with E-state index in [1.807, 2.05) is 41.8 Å². The fraction of sp³-hybridized carbons (Fsp3) is 0. The van der Waals surface area contributed by atoms with E-state index in [-0.39, 0.29) is 11.6 Å². The smallest absolute Gasteiger partial charge is 0.296 e. The van der Waals surface area contributed by atoms with Crippen LogP contribution < -0.4 is 0 Å². The van der Waals surface area contributed by atoms with Crippen molar-refractivity contribution >= 4 is 56.3 Å². The number of benzene rings is 2. The molecule has 3 heterocycles. The second-order valence-corrected chi connectivity index (χ2v) is 7.95. The number of fused-ring (bicyclic) bond motifs is 2. The van der Waals surface area contributed by atoms with E-state index in [0.29, 0.717) is 38.1 Å². The molecule has 0 aliphatic rings. The Morgan fingerprint density at radius 1 is 1.07 bits per heavy atom. The van der Waals surface area contributed by atoms with Crippen molar-refractivity contribution in [1.29, 1.82) is 0 Å². The number of nitrogens with zero attached hydrogens (tertiary/aromatic N) is 3. The van der Waals surface area contributed by atoms with Crippen LogP contribution >= 0.6 is 22.9 Å². The maximum absolute atomic E-state index is 13.0. The number of H-pyrrole nitrogens is 1. The molecule has 1 amide bonds. The lowest BCUT2D eigenvalue weighted by atomic mass is 10.1. The van der Waals surface area contributed by atoms with Crippen molar-refractivity contribution in [3.05, 3.63) is 76.6 Å². The number of carbonyl (C=O) groups excluding carboxylic acids is 1. The molecule has 30 heavy (non-hydrogen) atoms. The van der Waals surface area contributed by atoms with Gasteiger partial charge in [0.2, 0.25) is 5.88 Å². The first-order chi connectivity index (χ1) is 14.6. The maximum atomic E-state index is 13.0. The molecule has 0 saturated carbocycles. The molecule has 5 rings (SSSR count). The minimum absolute atomic E-state index is 0.165. The summed E-state index contributed by atoms with van der Waals surface area (Å²) in [6, 6.07) is 18.1. The third kappa shape index (κ3) is 3.24. The molecule has 0 unspecified atom stereocenters. The van der Waals surface area contributed by atoms with Crippen molar-refractivity contribution in [3.63, 3.8) is 0 Å². The number of amides is 1. The van der Waals surface area contributed by atoms with Crippen LogP contribution in [0.4, 0.5) is 5.69 Å². The van der Waals surface area contributed by atoms with Gasteiger partial charge in [0.15, 0.2) is 5.69 Å². The number of halogens is 1. The topological polar surface area (TPSA) is 90.7 Å². The Hall–Kier alpha value is -3.55. The number of pyridine rings is 1. The molecule has 0 bridgehead atoms. The minimum Gasteiger partial charge on any atom is -0.493 e. The molecule has 0 fully saturated rings. The van der Waals surface area contributed by atoms with E-state index < -0.39 is 5.91 Å². The van der Waals surface area contributed by atoms with Gasteiger partial charge in [0.1, 0.15) is 0 Å². The van der Waals surface area contributed by atoms with Gasteiger partial charge in [-0.2, -0.15) is 0 Å². The molecule has 0 atom stereocenters. The average molecular weight is 433 g/mol. The molecule has 0 aliphatic heterocycles. The van der Waals surface area contributed by atoms with Crippen LogP contribution in [-0.2, 0) is 0 Å². The number of azo groups is 1. The molecule has 0 saturated heterocycles. The van der Waals surface area contributed by atoms with Crippen LogP contribution in [0.25, 0.3) is 32.4 Å². The highest BCUT2D eigenvalue weighted by molar-refractivity contribution is 7.13. The first kappa shape index (κ1) is 18.5. The Morgan fingerprint density at radius 2 is 1.93 bits per heavy atom. The van der Waals surface area contributed by atoms with Crippen LogP contribution in [0.5, 0.6) is 5.88 Å². The molecule has 146 valence electrons. The third-order valence-corrected chi connectivity index (χ3v) is 5.80. The van der Waals surface area contributed by atoms with Gasteiger partial charge in [0.25, 0.3) is 5.91 Å². The van der Waals surface area contributed by atoms with E-state index in [9.17, 15) is 9.90 Å². The second kappa shape index (κ2) is 7.37. The first-order valence-corrected chi connectivity index (χ1v) is 10.3. The van der Waals surface area contributed by atoms with E-state index in [1.54, 1.807) is 35.6 Å². The number of thiophene rings is 1. The lowest BCUT2D eigenvalue weighted by Crippen LogP contribution is -1.98. The maximum Gasteiger partial charge on any atom is 0.296 e. The van der Waals surface area contributed by atoms with Crippen LogP contribution in [0.15, 0.2) is 76.3 Å². The molecule has 0 spiro atoms. The predicted octanol–water partition coefficient (Wildman–Crippen LogP) is 6.73. The number of rotatable bonds is 3. The van der Waals surface area contributed by atoms with Crippen molar-refractivity contribution in [2.24, 2.45) is 10.2 Å². The van der Waals surface area contributed by atoms with Crippen molar-refractivity contribution in [3.8, 4) is 16.5 Å². The number of hydrogen-bond acceptors (Lipinski definition) is 5. The lowest BCUT2D eigenvalue weighted by molar-refractivity contribution is 0.0996. The first-order valence-electron chi connectivity index (χ1n) is 9.00. The van der Waals surface area contributed by atoms with Crippen molar-refractivity contribution < 1.29 is 9.90 Å². The highest BCUT2D eigenvalue weighted by atomic mass is 35.5. The van der Waals surface area contributed by atoms with Gasteiger partial charge >= 0.3 is 0 Å². The van der Waals surface area contributed by atoms with E-state index in [2.05, 4.69) is 20.2 Å². The van der Waals surface area contributed by atoms with E-state index in [1.165, 1.54) is 0 Å². The van der Waals surface area contributed by atoms with E-state index >= 15 is 0 Å². The second-order valence-electron chi connectivity index (χ2n) is 6.57. The molecular formula is C22H13ClN4O2S. The summed E-state index contributed by atoms with van der Waals surface area (Å²) in [6.07, 6.45) is 0. The molecule has 2 N–H and O–H groups in total. The largest absolute Gasteiger partial charge is 0.493 e.